The molecule has 1 saturated heterocycles. The van der Waals surface area contributed by atoms with Crippen LogP contribution >= 0.6 is 0 Å². The molecule has 1 aliphatic carbocycles. The predicted molar refractivity (Wildman–Crippen MR) is 82.5 cm³/mol. The second-order valence-corrected chi connectivity index (χ2v) is 6.89. The number of hydrogen-bond acceptors (Lipinski definition) is 0. The first-order chi connectivity index (χ1) is 9.83. The fourth-order valence-electron chi connectivity index (χ4n) is 4.63. The van der Waals surface area contributed by atoms with Gasteiger partial charge in [0.1, 0.15) is 0 Å². The molecule has 2 bridgehead atoms. The normalized spacial score (nSPS) is 34.4. The van der Waals surface area contributed by atoms with E-state index in [2.05, 4.69) is 18.2 Å². The maximum absolute atomic E-state index is 10.9. The lowest BCUT2D eigenvalue weighted by atomic mass is 9.70. The molecule has 0 N–H and O–H groups in total. The monoisotopic (exact) mass is 272 g/mol. The second kappa shape index (κ2) is 6.24. The molecule has 20 heavy (non-hydrogen) atoms. The average molecular weight is 272 g/mol. The van der Waals surface area contributed by atoms with E-state index in [1.54, 1.807) is 4.70 Å². The lowest BCUT2D eigenvalue weighted by Gasteiger charge is -2.42. The molecule has 3 aliphatic rings. The van der Waals surface area contributed by atoms with Gasteiger partial charge in [-0.25, -0.2) is 0 Å². The highest BCUT2D eigenvalue weighted by molar-refractivity contribution is 5.04. The third kappa shape index (κ3) is 2.62. The first-order valence-electron chi connectivity index (χ1n) is 8.66. The van der Waals surface area contributed by atoms with Crippen LogP contribution in [-0.2, 0) is 0 Å². The zero-order valence-electron chi connectivity index (χ0n) is 12.7. The molecule has 1 atom stereocenters. The number of rotatable bonds is 1. The summed E-state index contributed by atoms with van der Waals surface area (Å²) in [5.41, 5.74) is 12.1. The van der Waals surface area contributed by atoms with Gasteiger partial charge in [-0.1, -0.05) is 12.2 Å². The zero-order chi connectivity index (χ0) is 13.8. The molecular weight excluding hydrogens is 244 g/mol. The van der Waals surface area contributed by atoms with Crippen LogP contribution in [0.15, 0.2) is 23.9 Å². The van der Waals surface area contributed by atoms with Gasteiger partial charge in [-0.05, 0) is 63.9 Å². The van der Waals surface area contributed by atoms with Gasteiger partial charge in [0.05, 0.1) is 0 Å². The van der Waals surface area contributed by atoms with E-state index in [1.807, 2.05) is 0 Å². The number of fused-ring (bicyclic) bond motifs is 2. The van der Waals surface area contributed by atoms with E-state index in [0.717, 1.165) is 12.8 Å². The Balaban J connectivity index is 1.84. The summed E-state index contributed by atoms with van der Waals surface area (Å²) in [7, 11) is 0. The summed E-state index contributed by atoms with van der Waals surface area (Å²) >= 11 is 0. The average Bonchev–Trinajstić information content (AvgIpc) is 2.59. The van der Waals surface area contributed by atoms with Crippen LogP contribution in [0.2, 0.25) is 0 Å². The third-order valence-electron chi connectivity index (χ3n) is 5.70. The van der Waals surface area contributed by atoms with Crippen LogP contribution in [0.1, 0.15) is 77.0 Å². The van der Waals surface area contributed by atoms with E-state index in [-0.39, 0.29) is 5.54 Å². The Hall–Kier alpha value is -0.920. The molecule has 1 unspecified atom stereocenters. The third-order valence-corrected chi connectivity index (χ3v) is 5.70. The summed E-state index contributed by atoms with van der Waals surface area (Å²) in [5, 5.41) is 0. The van der Waals surface area contributed by atoms with Crippen LogP contribution < -0.4 is 0 Å². The quantitative estimate of drug-likeness (QED) is 0.442. The van der Waals surface area contributed by atoms with E-state index in [4.69, 9.17) is 0 Å². The molecular formula is C18H28N2. The number of hydrogen-bond donors (Lipinski definition) is 0. The summed E-state index contributed by atoms with van der Waals surface area (Å²) in [6.45, 7) is 0. The Bertz CT molecular complexity index is 409. The Morgan fingerprint density at radius 1 is 0.950 bits per heavy atom. The van der Waals surface area contributed by atoms with E-state index < -0.39 is 0 Å². The van der Waals surface area contributed by atoms with Gasteiger partial charge in [-0.15, -0.1) is 0 Å². The number of nitrogens with zero attached hydrogens (tertiary/aromatic N) is 2. The summed E-state index contributed by atoms with van der Waals surface area (Å²) in [5.74, 6) is 0.675. The van der Waals surface area contributed by atoms with Crippen molar-refractivity contribution in [2.75, 3.05) is 0 Å². The minimum absolute atomic E-state index is 0.0604. The molecule has 2 nitrogen and oxygen atoms in total. The summed E-state index contributed by atoms with van der Waals surface area (Å²) in [6.07, 6.45) is 21.7. The lowest BCUT2D eigenvalue weighted by Crippen LogP contribution is -2.48. The van der Waals surface area contributed by atoms with E-state index >= 15 is 0 Å². The Morgan fingerprint density at radius 3 is 2.40 bits per heavy atom. The lowest BCUT2D eigenvalue weighted by molar-refractivity contribution is -0.608. The van der Waals surface area contributed by atoms with Crippen LogP contribution in [0.5, 0.6) is 0 Å². The van der Waals surface area contributed by atoms with Crippen LogP contribution in [0, 0.1) is 5.92 Å². The Kier molecular flexibility index (Phi) is 4.38. The molecule has 3 rings (SSSR count). The van der Waals surface area contributed by atoms with Gasteiger partial charge in [-0.3, -0.25) is 4.70 Å². The van der Waals surface area contributed by atoms with Gasteiger partial charge < -0.3 is 5.53 Å². The molecule has 2 heteroatoms. The highest BCUT2D eigenvalue weighted by atomic mass is 15.3. The van der Waals surface area contributed by atoms with Crippen LogP contribution in [0.25, 0.3) is 5.53 Å². The van der Waals surface area contributed by atoms with Crippen molar-refractivity contribution >= 4 is 0 Å². The fourth-order valence-corrected chi connectivity index (χ4v) is 4.63. The molecule has 110 valence electrons. The second-order valence-electron chi connectivity index (χ2n) is 6.89. The zero-order valence-corrected chi connectivity index (χ0v) is 12.7. The van der Waals surface area contributed by atoms with Gasteiger partial charge in [-0.2, -0.15) is 0 Å². The highest BCUT2D eigenvalue weighted by Gasteiger charge is 2.48. The predicted octanol–water partition coefficient (Wildman–Crippen LogP) is 5.54. The molecule has 2 aliphatic heterocycles. The van der Waals surface area contributed by atoms with Crippen molar-refractivity contribution in [2.45, 2.75) is 82.6 Å². The summed E-state index contributed by atoms with van der Waals surface area (Å²) in [4.78, 5) is 0. The van der Waals surface area contributed by atoms with Gasteiger partial charge >= 0.3 is 0 Å². The largest absolute Gasteiger partial charge is 0.500 e. The van der Waals surface area contributed by atoms with Crippen LogP contribution in [0.4, 0.5) is 0 Å². The standard InChI is InChI=1S/C18H28N2/c19-20-17-12-7-8-14-18(20,15-9-13-17)16-10-5-3-1-2-4-6-11-16/h1-2,12,16H,3-11,13-15H2/b2-1-. The SMILES string of the molecule is [N-]=[N+]1C2=CCCCC1(C1CCC/C=C\CCC1)CCC2. The summed E-state index contributed by atoms with van der Waals surface area (Å²) < 4.78 is 1.74. The highest BCUT2D eigenvalue weighted by Crippen LogP contribution is 2.45. The maximum atomic E-state index is 10.9. The van der Waals surface area contributed by atoms with E-state index in [0.29, 0.717) is 5.92 Å². The first kappa shape index (κ1) is 14.0. The van der Waals surface area contributed by atoms with Crippen molar-refractivity contribution in [3.8, 4) is 0 Å². The molecule has 0 aromatic carbocycles. The van der Waals surface area contributed by atoms with Crippen molar-refractivity contribution in [3.05, 3.63) is 29.5 Å². The fraction of sp³-hybridized carbons (Fsp3) is 0.778. The Morgan fingerprint density at radius 2 is 1.65 bits per heavy atom. The first-order valence-corrected chi connectivity index (χ1v) is 8.66. The van der Waals surface area contributed by atoms with Crippen molar-refractivity contribution < 1.29 is 4.70 Å². The molecule has 0 saturated carbocycles. The summed E-state index contributed by atoms with van der Waals surface area (Å²) in [6, 6.07) is 0. The van der Waals surface area contributed by atoms with Gasteiger partial charge in [0, 0.05) is 25.2 Å². The minimum Gasteiger partial charge on any atom is -0.500 e. The molecule has 0 aromatic heterocycles. The molecule has 2 heterocycles. The maximum Gasteiger partial charge on any atom is 0.166 e. The van der Waals surface area contributed by atoms with Gasteiger partial charge in [0.25, 0.3) is 0 Å². The van der Waals surface area contributed by atoms with E-state index in [1.165, 1.54) is 69.9 Å². The van der Waals surface area contributed by atoms with Crippen molar-refractivity contribution in [3.63, 3.8) is 0 Å². The molecule has 1 fully saturated rings. The molecule has 0 radical (unpaired) electrons. The van der Waals surface area contributed by atoms with E-state index in [9.17, 15) is 5.53 Å². The van der Waals surface area contributed by atoms with Gasteiger partial charge in [0.2, 0.25) is 0 Å². The van der Waals surface area contributed by atoms with Crippen LogP contribution in [0.3, 0.4) is 0 Å². The van der Waals surface area contributed by atoms with Crippen molar-refractivity contribution in [1.82, 2.24) is 0 Å². The van der Waals surface area contributed by atoms with Crippen molar-refractivity contribution in [1.29, 1.82) is 0 Å². The topological polar surface area (TPSA) is 25.3 Å². The molecule has 0 aromatic rings. The molecule has 0 spiro atoms. The molecule has 0 amide bonds. The van der Waals surface area contributed by atoms with Crippen molar-refractivity contribution in [2.24, 2.45) is 5.92 Å². The number of allylic oxidation sites excluding steroid dienone is 4. The minimum atomic E-state index is 0.0604. The Labute approximate surface area is 123 Å². The smallest absolute Gasteiger partial charge is 0.166 e. The van der Waals surface area contributed by atoms with Crippen LogP contribution in [-0.4, -0.2) is 10.2 Å². The van der Waals surface area contributed by atoms with Gasteiger partial charge in [0.15, 0.2) is 11.2 Å². The number of piperidine rings is 1.